The molecule has 3 nitrogen and oxygen atoms in total. The van der Waals surface area contributed by atoms with Crippen molar-refractivity contribution in [2.45, 2.75) is 32.3 Å². The molecule has 18 heavy (non-hydrogen) atoms. The lowest BCUT2D eigenvalue weighted by molar-refractivity contribution is -0.0166. The summed E-state index contributed by atoms with van der Waals surface area (Å²) in [6.45, 7) is 7.05. The molecule has 0 unspecified atom stereocenters. The van der Waals surface area contributed by atoms with Crippen LogP contribution in [0.25, 0.3) is 0 Å². The SMILES string of the molecule is COc1cccc(CCl)c1OCCOC(C)(C)C. The minimum Gasteiger partial charge on any atom is -0.493 e. The summed E-state index contributed by atoms with van der Waals surface area (Å²) in [4.78, 5) is 0. The Bertz CT molecular complexity index is 350. The molecule has 0 bridgehead atoms. The fourth-order valence-corrected chi connectivity index (χ4v) is 1.69. The van der Waals surface area contributed by atoms with E-state index in [1.165, 1.54) is 0 Å². The van der Waals surface area contributed by atoms with Crippen molar-refractivity contribution in [2.24, 2.45) is 0 Å². The summed E-state index contributed by atoms with van der Waals surface area (Å²) in [5, 5.41) is 0. The summed E-state index contributed by atoms with van der Waals surface area (Å²) in [5.74, 6) is 1.79. The molecule has 4 heteroatoms. The normalized spacial score (nSPS) is 11.4. The molecule has 1 aromatic carbocycles. The van der Waals surface area contributed by atoms with Gasteiger partial charge in [0.25, 0.3) is 0 Å². The number of hydrogen-bond acceptors (Lipinski definition) is 3. The van der Waals surface area contributed by atoms with E-state index in [0.29, 0.717) is 30.6 Å². The van der Waals surface area contributed by atoms with Crippen molar-refractivity contribution in [3.05, 3.63) is 23.8 Å². The Morgan fingerprint density at radius 1 is 1.17 bits per heavy atom. The molecular weight excluding hydrogens is 252 g/mol. The van der Waals surface area contributed by atoms with Crippen LogP contribution in [0.15, 0.2) is 18.2 Å². The van der Waals surface area contributed by atoms with Crippen molar-refractivity contribution in [3.63, 3.8) is 0 Å². The van der Waals surface area contributed by atoms with E-state index in [-0.39, 0.29) is 5.60 Å². The summed E-state index contributed by atoms with van der Waals surface area (Å²) in [6.07, 6.45) is 0. The van der Waals surface area contributed by atoms with E-state index < -0.39 is 0 Å². The van der Waals surface area contributed by atoms with Crippen LogP contribution < -0.4 is 9.47 Å². The molecule has 0 spiro atoms. The van der Waals surface area contributed by atoms with Crippen molar-refractivity contribution < 1.29 is 14.2 Å². The second-order valence-corrected chi connectivity index (χ2v) is 5.16. The lowest BCUT2D eigenvalue weighted by atomic mass is 10.2. The van der Waals surface area contributed by atoms with E-state index in [1.807, 2.05) is 39.0 Å². The van der Waals surface area contributed by atoms with E-state index in [1.54, 1.807) is 7.11 Å². The van der Waals surface area contributed by atoms with Crippen molar-refractivity contribution in [2.75, 3.05) is 20.3 Å². The summed E-state index contributed by atoms with van der Waals surface area (Å²) in [7, 11) is 1.62. The third-order valence-corrected chi connectivity index (χ3v) is 2.58. The van der Waals surface area contributed by atoms with E-state index in [4.69, 9.17) is 25.8 Å². The highest BCUT2D eigenvalue weighted by Crippen LogP contribution is 2.32. The molecule has 0 N–H and O–H groups in total. The van der Waals surface area contributed by atoms with Gasteiger partial charge in [0, 0.05) is 5.56 Å². The van der Waals surface area contributed by atoms with Crippen LogP contribution in [0, 0.1) is 0 Å². The van der Waals surface area contributed by atoms with Gasteiger partial charge in [-0.15, -0.1) is 11.6 Å². The molecule has 102 valence electrons. The topological polar surface area (TPSA) is 27.7 Å². The van der Waals surface area contributed by atoms with Crippen molar-refractivity contribution in [1.82, 2.24) is 0 Å². The van der Waals surface area contributed by atoms with E-state index >= 15 is 0 Å². The highest BCUT2D eigenvalue weighted by molar-refractivity contribution is 6.17. The average molecular weight is 273 g/mol. The molecule has 1 rings (SSSR count). The number of ether oxygens (including phenoxy) is 3. The van der Waals surface area contributed by atoms with Gasteiger partial charge < -0.3 is 14.2 Å². The number of para-hydroxylation sites is 1. The van der Waals surface area contributed by atoms with Crippen LogP contribution in [0.1, 0.15) is 26.3 Å². The molecular formula is C14H21ClO3. The largest absolute Gasteiger partial charge is 0.493 e. The molecule has 0 saturated carbocycles. The molecule has 0 aliphatic carbocycles. The van der Waals surface area contributed by atoms with Gasteiger partial charge in [0.05, 0.1) is 25.2 Å². The Balaban J connectivity index is 2.60. The Morgan fingerprint density at radius 3 is 2.44 bits per heavy atom. The van der Waals surface area contributed by atoms with Crippen molar-refractivity contribution >= 4 is 11.6 Å². The molecule has 0 aliphatic rings. The van der Waals surface area contributed by atoms with Gasteiger partial charge in [-0.25, -0.2) is 0 Å². The first-order chi connectivity index (χ1) is 8.48. The number of alkyl halides is 1. The van der Waals surface area contributed by atoms with Gasteiger partial charge in [-0.3, -0.25) is 0 Å². The Hall–Kier alpha value is -0.930. The summed E-state index contributed by atoms with van der Waals surface area (Å²) >= 11 is 5.88. The van der Waals surface area contributed by atoms with Crippen LogP contribution >= 0.6 is 11.6 Å². The zero-order chi connectivity index (χ0) is 13.6. The van der Waals surface area contributed by atoms with Gasteiger partial charge >= 0.3 is 0 Å². The molecule has 0 fully saturated rings. The fraction of sp³-hybridized carbons (Fsp3) is 0.571. The first-order valence-electron chi connectivity index (χ1n) is 5.96. The molecule has 0 heterocycles. The van der Waals surface area contributed by atoms with E-state index in [0.717, 1.165) is 5.56 Å². The second kappa shape index (κ2) is 6.86. The zero-order valence-corrected chi connectivity index (χ0v) is 12.2. The van der Waals surface area contributed by atoms with Crippen LogP contribution in [0.3, 0.4) is 0 Å². The Morgan fingerprint density at radius 2 is 1.89 bits per heavy atom. The Kier molecular flexibility index (Phi) is 5.76. The average Bonchev–Trinajstić information content (AvgIpc) is 2.33. The first kappa shape index (κ1) is 15.1. The lowest BCUT2D eigenvalue weighted by Crippen LogP contribution is -2.22. The number of rotatable bonds is 6. The zero-order valence-electron chi connectivity index (χ0n) is 11.5. The quantitative estimate of drug-likeness (QED) is 0.585. The molecule has 1 aromatic rings. The number of hydrogen-bond donors (Lipinski definition) is 0. The predicted octanol–water partition coefficient (Wildman–Crippen LogP) is 3.63. The van der Waals surface area contributed by atoms with Gasteiger partial charge in [0.15, 0.2) is 11.5 Å². The van der Waals surface area contributed by atoms with Gasteiger partial charge in [0.1, 0.15) is 6.61 Å². The summed E-state index contributed by atoms with van der Waals surface area (Å²) < 4.78 is 16.6. The van der Waals surface area contributed by atoms with Crippen molar-refractivity contribution in [3.8, 4) is 11.5 Å². The second-order valence-electron chi connectivity index (χ2n) is 4.89. The van der Waals surface area contributed by atoms with Gasteiger partial charge in [-0.05, 0) is 26.8 Å². The predicted molar refractivity (Wildman–Crippen MR) is 73.8 cm³/mol. The number of benzene rings is 1. The lowest BCUT2D eigenvalue weighted by Gasteiger charge is -2.20. The van der Waals surface area contributed by atoms with Gasteiger partial charge in [-0.1, -0.05) is 12.1 Å². The highest BCUT2D eigenvalue weighted by atomic mass is 35.5. The maximum absolute atomic E-state index is 5.88. The van der Waals surface area contributed by atoms with Gasteiger partial charge in [0.2, 0.25) is 0 Å². The van der Waals surface area contributed by atoms with Crippen LogP contribution in [0.4, 0.5) is 0 Å². The van der Waals surface area contributed by atoms with Crippen LogP contribution in [0.2, 0.25) is 0 Å². The van der Waals surface area contributed by atoms with Crippen LogP contribution in [-0.4, -0.2) is 25.9 Å². The minimum atomic E-state index is -0.153. The summed E-state index contributed by atoms with van der Waals surface area (Å²) in [5.41, 5.74) is 0.770. The monoisotopic (exact) mass is 272 g/mol. The van der Waals surface area contributed by atoms with Gasteiger partial charge in [-0.2, -0.15) is 0 Å². The van der Waals surface area contributed by atoms with Crippen LogP contribution in [0.5, 0.6) is 11.5 Å². The molecule has 0 amide bonds. The number of halogens is 1. The smallest absolute Gasteiger partial charge is 0.165 e. The number of methoxy groups -OCH3 is 1. The van der Waals surface area contributed by atoms with E-state index in [2.05, 4.69) is 0 Å². The molecule has 0 radical (unpaired) electrons. The van der Waals surface area contributed by atoms with Crippen molar-refractivity contribution in [1.29, 1.82) is 0 Å². The molecule has 0 aromatic heterocycles. The maximum Gasteiger partial charge on any atom is 0.165 e. The molecule has 0 saturated heterocycles. The van der Waals surface area contributed by atoms with Crippen LogP contribution in [-0.2, 0) is 10.6 Å². The highest BCUT2D eigenvalue weighted by Gasteiger charge is 2.12. The maximum atomic E-state index is 5.88. The third kappa shape index (κ3) is 4.75. The summed E-state index contributed by atoms with van der Waals surface area (Å²) in [6, 6.07) is 5.68. The standard InChI is InChI=1S/C14H21ClO3/c1-14(2,3)18-9-8-17-13-11(10-15)6-5-7-12(13)16-4/h5-7H,8-10H2,1-4H3. The fourth-order valence-electron chi connectivity index (χ4n) is 1.48. The van der Waals surface area contributed by atoms with E-state index in [9.17, 15) is 0 Å². The third-order valence-electron chi connectivity index (χ3n) is 2.29. The first-order valence-corrected chi connectivity index (χ1v) is 6.50. The molecule has 0 atom stereocenters. The minimum absolute atomic E-state index is 0.153. The molecule has 0 aliphatic heterocycles. The Labute approximate surface area is 114 Å².